The quantitative estimate of drug-likeness (QED) is 0.890. The average Bonchev–Trinajstić information content (AvgIpc) is 3.05. The molecule has 0 bridgehead atoms. The highest BCUT2D eigenvalue weighted by molar-refractivity contribution is 6.03. The predicted molar refractivity (Wildman–Crippen MR) is 95.2 cm³/mol. The van der Waals surface area contributed by atoms with Gasteiger partial charge in [-0.1, -0.05) is 42.0 Å². The molecule has 3 rings (SSSR count). The zero-order chi connectivity index (χ0) is 18.7. The van der Waals surface area contributed by atoms with Crippen LogP contribution in [-0.2, 0) is 9.59 Å². The van der Waals surface area contributed by atoms with Crippen LogP contribution in [0.2, 0.25) is 0 Å². The minimum absolute atomic E-state index is 0.147. The minimum atomic E-state index is -1.04. The number of hydrazone groups is 1. The van der Waals surface area contributed by atoms with Crippen LogP contribution in [-0.4, -0.2) is 27.7 Å². The molecule has 0 aromatic heterocycles. The Labute approximate surface area is 150 Å². The maximum absolute atomic E-state index is 13.6. The molecule has 2 aromatic carbocycles. The Kier molecular flexibility index (Phi) is 5.11. The molecule has 2 aromatic rings. The number of benzene rings is 2. The van der Waals surface area contributed by atoms with Crippen LogP contribution in [0, 0.1) is 12.7 Å². The van der Waals surface area contributed by atoms with Crippen molar-refractivity contribution in [1.29, 1.82) is 0 Å². The Bertz CT molecular complexity index is 862. The summed E-state index contributed by atoms with van der Waals surface area (Å²) in [7, 11) is 0. The second-order valence-electron chi connectivity index (χ2n) is 6.32. The topological polar surface area (TPSA) is 70.0 Å². The number of halogens is 1. The highest BCUT2D eigenvalue weighted by Crippen LogP contribution is 2.33. The van der Waals surface area contributed by atoms with Crippen LogP contribution in [0.5, 0.6) is 0 Å². The minimum Gasteiger partial charge on any atom is -0.481 e. The summed E-state index contributed by atoms with van der Waals surface area (Å²) < 4.78 is 13.6. The molecule has 0 aliphatic carbocycles. The van der Waals surface area contributed by atoms with E-state index in [-0.39, 0.29) is 24.6 Å². The van der Waals surface area contributed by atoms with Crippen LogP contribution < -0.4 is 0 Å². The van der Waals surface area contributed by atoms with Gasteiger partial charge in [0, 0.05) is 12.8 Å². The lowest BCUT2D eigenvalue weighted by Crippen LogP contribution is -2.27. The lowest BCUT2D eigenvalue weighted by atomic mass is 9.97. The molecular weight excluding hydrogens is 335 g/mol. The molecule has 1 unspecified atom stereocenters. The summed E-state index contributed by atoms with van der Waals surface area (Å²) in [4.78, 5) is 23.3. The van der Waals surface area contributed by atoms with E-state index in [1.807, 2.05) is 31.2 Å². The summed E-state index contributed by atoms with van der Waals surface area (Å²) in [5, 5.41) is 14.6. The van der Waals surface area contributed by atoms with Crippen molar-refractivity contribution in [3.05, 3.63) is 71.0 Å². The number of nitrogens with zero attached hydrogens (tertiary/aromatic N) is 2. The van der Waals surface area contributed by atoms with E-state index in [9.17, 15) is 14.0 Å². The van der Waals surface area contributed by atoms with E-state index in [1.165, 1.54) is 17.1 Å². The molecule has 1 amide bonds. The number of carboxylic acids is 1. The molecule has 0 radical (unpaired) electrons. The van der Waals surface area contributed by atoms with E-state index in [4.69, 9.17) is 5.11 Å². The number of hydrogen-bond acceptors (Lipinski definition) is 3. The van der Waals surface area contributed by atoms with Crippen molar-refractivity contribution in [1.82, 2.24) is 5.01 Å². The molecule has 1 N–H and O–H groups in total. The smallest absolute Gasteiger partial charge is 0.303 e. The van der Waals surface area contributed by atoms with Crippen molar-refractivity contribution < 1.29 is 19.1 Å². The molecule has 0 saturated carbocycles. The summed E-state index contributed by atoms with van der Waals surface area (Å²) in [5.41, 5.74) is 3.37. The molecule has 1 heterocycles. The van der Waals surface area contributed by atoms with Gasteiger partial charge in [0.15, 0.2) is 0 Å². The Morgan fingerprint density at radius 2 is 1.92 bits per heavy atom. The van der Waals surface area contributed by atoms with Gasteiger partial charge in [0.05, 0.1) is 18.2 Å². The van der Waals surface area contributed by atoms with Crippen molar-refractivity contribution in [2.45, 2.75) is 32.2 Å². The zero-order valence-corrected chi connectivity index (χ0v) is 14.4. The second-order valence-corrected chi connectivity index (χ2v) is 6.32. The molecule has 1 aliphatic rings. The van der Waals surface area contributed by atoms with Gasteiger partial charge >= 0.3 is 5.97 Å². The van der Waals surface area contributed by atoms with Gasteiger partial charge in [-0.15, -0.1) is 0 Å². The van der Waals surface area contributed by atoms with Gasteiger partial charge in [-0.25, -0.2) is 9.40 Å². The van der Waals surface area contributed by atoms with Crippen molar-refractivity contribution >= 4 is 17.6 Å². The number of aliphatic carboxylic acids is 1. The molecule has 0 saturated heterocycles. The number of carboxylic acid groups (broad SMARTS) is 1. The molecule has 1 aliphatic heterocycles. The highest BCUT2D eigenvalue weighted by atomic mass is 19.1. The van der Waals surface area contributed by atoms with E-state index in [1.54, 1.807) is 12.1 Å². The van der Waals surface area contributed by atoms with Gasteiger partial charge in [0.1, 0.15) is 5.82 Å². The summed E-state index contributed by atoms with van der Waals surface area (Å²) in [6.07, 6.45) is 0.0394. The van der Waals surface area contributed by atoms with Crippen molar-refractivity contribution in [2.75, 3.05) is 0 Å². The molecule has 0 spiro atoms. The van der Waals surface area contributed by atoms with Gasteiger partial charge in [-0.3, -0.25) is 9.59 Å². The molecule has 5 nitrogen and oxygen atoms in total. The van der Waals surface area contributed by atoms with Crippen LogP contribution in [0.15, 0.2) is 53.6 Å². The van der Waals surface area contributed by atoms with Gasteiger partial charge < -0.3 is 5.11 Å². The third-order valence-corrected chi connectivity index (χ3v) is 4.34. The Morgan fingerprint density at radius 3 is 2.58 bits per heavy atom. The molecule has 0 fully saturated rings. The number of aryl methyl sites for hydroxylation is 1. The number of carbonyl (C=O) groups excluding carboxylic acids is 1. The first-order chi connectivity index (χ1) is 12.4. The van der Waals surface area contributed by atoms with E-state index in [0.29, 0.717) is 12.0 Å². The zero-order valence-electron chi connectivity index (χ0n) is 14.4. The van der Waals surface area contributed by atoms with E-state index < -0.39 is 12.0 Å². The fraction of sp³-hybridized carbons (Fsp3) is 0.250. The third-order valence-electron chi connectivity index (χ3n) is 4.34. The average molecular weight is 354 g/mol. The molecule has 1 atom stereocenters. The first-order valence-corrected chi connectivity index (χ1v) is 8.38. The third kappa shape index (κ3) is 3.96. The Hall–Kier alpha value is -3.02. The van der Waals surface area contributed by atoms with E-state index in [2.05, 4.69) is 5.10 Å². The lowest BCUT2D eigenvalue weighted by molar-refractivity contribution is -0.141. The van der Waals surface area contributed by atoms with Crippen molar-refractivity contribution in [2.24, 2.45) is 5.10 Å². The number of hydrogen-bond donors (Lipinski definition) is 1. The number of carbonyl (C=O) groups is 2. The van der Waals surface area contributed by atoms with E-state index >= 15 is 0 Å². The second kappa shape index (κ2) is 7.47. The Balaban J connectivity index is 1.91. The fourth-order valence-electron chi connectivity index (χ4n) is 2.96. The van der Waals surface area contributed by atoms with Crippen LogP contribution in [0.3, 0.4) is 0 Å². The largest absolute Gasteiger partial charge is 0.481 e. The maximum atomic E-state index is 13.6. The predicted octanol–water partition coefficient (Wildman–Crippen LogP) is 3.68. The molecule has 6 heteroatoms. The van der Waals surface area contributed by atoms with Gasteiger partial charge in [-0.05, 0) is 30.2 Å². The van der Waals surface area contributed by atoms with Crippen LogP contribution >= 0.6 is 0 Å². The van der Waals surface area contributed by atoms with Gasteiger partial charge in [-0.2, -0.15) is 5.10 Å². The van der Waals surface area contributed by atoms with E-state index in [0.717, 1.165) is 16.8 Å². The van der Waals surface area contributed by atoms with Gasteiger partial charge in [0.25, 0.3) is 0 Å². The lowest BCUT2D eigenvalue weighted by Gasteiger charge is -2.21. The first-order valence-electron chi connectivity index (χ1n) is 8.38. The monoisotopic (exact) mass is 354 g/mol. The van der Waals surface area contributed by atoms with Crippen LogP contribution in [0.1, 0.15) is 42.0 Å². The number of amides is 1. The normalized spacial score (nSPS) is 16.5. The first kappa shape index (κ1) is 17.8. The summed E-state index contributed by atoms with van der Waals surface area (Å²) in [5.74, 6) is -1.81. The fourth-order valence-corrected chi connectivity index (χ4v) is 2.96. The van der Waals surface area contributed by atoms with Crippen LogP contribution in [0.4, 0.5) is 4.39 Å². The molecule has 134 valence electrons. The van der Waals surface area contributed by atoms with Crippen molar-refractivity contribution in [3.8, 4) is 0 Å². The molecular formula is C20H19FN2O3. The summed E-state index contributed by atoms with van der Waals surface area (Å²) >= 11 is 0. The van der Waals surface area contributed by atoms with Gasteiger partial charge in [0.2, 0.25) is 5.91 Å². The molecule has 26 heavy (non-hydrogen) atoms. The highest BCUT2D eigenvalue weighted by Gasteiger charge is 2.33. The van der Waals surface area contributed by atoms with Crippen LogP contribution in [0.25, 0.3) is 0 Å². The standard InChI is InChI=1S/C20H19FN2O3/c1-13-5-7-14(8-6-13)17-12-18(15-3-2-4-16(21)11-15)23(22-17)19(24)9-10-20(25)26/h2-8,11,18H,9-10,12H2,1H3,(H,25,26). The Morgan fingerprint density at radius 1 is 1.19 bits per heavy atom. The maximum Gasteiger partial charge on any atom is 0.303 e. The SMILES string of the molecule is Cc1ccc(C2=NN(C(=O)CCC(=O)O)C(c3cccc(F)c3)C2)cc1. The summed E-state index contributed by atoms with van der Waals surface area (Å²) in [6, 6.07) is 13.4. The number of rotatable bonds is 5. The van der Waals surface area contributed by atoms with Crippen molar-refractivity contribution in [3.63, 3.8) is 0 Å². The summed E-state index contributed by atoms with van der Waals surface area (Å²) in [6.45, 7) is 1.98.